The van der Waals surface area contributed by atoms with Crippen LogP contribution in [0.15, 0.2) is 22.7 Å². The van der Waals surface area contributed by atoms with Crippen LogP contribution in [0.1, 0.15) is 31.4 Å². The van der Waals surface area contributed by atoms with Gasteiger partial charge in [-0.3, -0.25) is 4.79 Å². The molecule has 1 atom stereocenters. The Hall–Kier alpha value is -1.36. The Balaban J connectivity index is 2.71. The van der Waals surface area contributed by atoms with Crippen LogP contribution < -0.4 is 5.32 Å². The fraction of sp³-hybridized carbons (Fsp3) is 0.467. The lowest BCUT2D eigenvalue weighted by atomic mass is 10.0. The molecule has 1 amide bonds. The van der Waals surface area contributed by atoms with Crippen molar-refractivity contribution in [1.29, 1.82) is 0 Å². The van der Waals surface area contributed by atoms with Crippen molar-refractivity contribution in [3.63, 3.8) is 0 Å². The van der Waals surface area contributed by atoms with Crippen LogP contribution in [0.4, 0.5) is 0 Å². The zero-order chi connectivity index (χ0) is 15.3. The molecule has 0 aliphatic rings. The van der Waals surface area contributed by atoms with E-state index in [1.165, 1.54) is 0 Å². The van der Waals surface area contributed by atoms with Gasteiger partial charge in [0.25, 0.3) is 0 Å². The third kappa shape index (κ3) is 4.96. The molecule has 2 N–H and O–H groups in total. The van der Waals surface area contributed by atoms with Gasteiger partial charge in [-0.2, -0.15) is 0 Å². The summed E-state index contributed by atoms with van der Waals surface area (Å²) in [5.74, 6) is -1.04. The van der Waals surface area contributed by atoms with Gasteiger partial charge in [-0.15, -0.1) is 0 Å². The highest BCUT2D eigenvalue weighted by Gasteiger charge is 2.21. The zero-order valence-electron chi connectivity index (χ0n) is 11.9. The second-order valence-electron chi connectivity index (χ2n) is 5.29. The minimum atomic E-state index is -0.988. The van der Waals surface area contributed by atoms with Gasteiger partial charge in [0, 0.05) is 4.47 Å². The Morgan fingerprint density at radius 2 is 2.00 bits per heavy atom. The van der Waals surface area contributed by atoms with Gasteiger partial charge in [-0.25, -0.2) is 4.79 Å². The number of nitrogens with one attached hydrogen (secondary N) is 1. The highest BCUT2D eigenvalue weighted by molar-refractivity contribution is 9.10. The number of hydrogen-bond donors (Lipinski definition) is 2. The smallest absolute Gasteiger partial charge is 0.326 e. The van der Waals surface area contributed by atoms with Gasteiger partial charge in [0.05, 0.1) is 6.42 Å². The molecule has 0 heterocycles. The Labute approximate surface area is 127 Å². The van der Waals surface area contributed by atoms with E-state index in [9.17, 15) is 9.59 Å². The highest BCUT2D eigenvalue weighted by Crippen LogP contribution is 2.19. The number of carboxylic acids is 1. The molecule has 1 aromatic carbocycles. The third-order valence-corrected chi connectivity index (χ3v) is 3.93. The maximum absolute atomic E-state index is 12.0. The number of rotatable bonds is 6. The van der Waals surface area contributed by atoms with E-state index in [2.05, 4.69) is 21.2 Å². The lowest BCUT2D eigenvalue weighted by Gasteiger charge is -2.17. The monoisotopic (exact) mass is 341 g/mol. The lowest BCUT2D eigenvalue weighted by Crippen LogP contribution is -2.42. The number of amides is 1. The predicted molar refractivity (Wildman–Crippen MR) is 81.6 cm³/mol. The van der Waals surface area contributed by atoms with Crippen molar-refractivity contribution in [2.75, 3.05) is 0 Å². The second kappa shape index (κ2) is 7.43. The zero-order valence-corrected chi connectivity index (χ0v) is 13.5. The van der Waals surface area contributed by atoms with Gasteiger partial charge in [0.1, 0.15) is 6.04 Å². The Morgan fingerprint density at radius 3 is 2.55 bits per heavy atom. The minimum absolute atomic E-state index is 0.188. The average molecular weight is 342 g/mol. The number of carbonyl (C=O) groups excluding carboxylic acids is 1. The Morgan fingerprint density at radius 1 is 1.35 bits per heavy atom. The molecule has 0 bridgehead atoms. The molecule has 0 aliphatic carbocycles. The second-order valence-corrected chi connectivity index (χ2v) is 6.14. The molecule has 1 rings (SSSR count). The molecule has 4 nitrogen and oxygen atoms in total. The molecule has 0 spiro atoms. The SMILES string of the molecule is Cc1c(Br)cccc1CC(=O)N[C@H](CC(C)C)C(=O)O. The number of carbonyl (C=O) groups is 2. The Bertz CT molecular complexity index is 500. The number of benzene rings is 1. The first-order chi connectivity index (χ1) is 9.31. The summed E-state index contributed by atoms with van der Waals surface area (Å²) in [4.78, 5) is 23.1. The quantitative estimate of drug-likeness (QED) is 0.835. The molecule has 0 saturated carbocycles. The average Bonchev–Trinajstić information content (AvgIpc) is 2.33. The summed E-state index contributed by atoms with van der Waals surface area (Å²) in [6.45, 7) is 5.79. The fourth-order valence-corrected chi connectivity index (χ4v) is 2.36. The molecule has 1 aromatic rings. The molecule has 0 aromatic heterocycles. The van der Waals surface area contributed by atoms with Gasteiger partial charge >= 0.3 is 5.97 Å². The largest absolute Gasteiger partial charge is 0.480 e. The van der Waals surface area contributed by atoms with Crippen molar-refractivity contribution in [3.8, 4) is 0 Å². The normalized spacial score (nSPS) is 12.2. The maximum Gasteiger partial charge on any atom is 0.326 e. The van der Waals surface area contributed by atoms with Crippen molar-refractivity contribution in [3.05, 3.63) is 33.8 Å². The van der Waals surface area contributed by atoms with Crippen molar-refractivity contribution in [2.24, 2.45) is 5.92 Å². The van der Waals surface area contributed by atoms with E-state index in [0.29, 0.717) is 6.42 Å². The van der Waals surface area contributed by atoms with E-state index >= 15 is 0 Å². The molecule has 20 heavy (non-hydrogen) atoms. The summed E-state index contributed by atoms with van der Waals surface area (Å²) in [7, 11) is 0. The number of halogens is 1. The Kier molecular flexibility index (Phi) is 6.20. The number of aliphatic carboxylic acids is 1. The van der Waals surface area contributed by atoms with Gasteiger partial charge in [-0.1, -0.05) is 41.9 Å². The van der Waals surface area contributed by atoms with Crippen LogP contribution in [0.5, 0.6) is 0 Å². The van der Waals surface area contributed by atoms with Crippen molar-refractivity contribution in [2.45, 2.75) is 39.7 Å². The summed E-state index contributed by atoms with van der Waals surface area (Å²) in [5.41, 5.74) is 1.89. The van der Waals surface area contributed by atoms with Crippen LogP contribution in [0.2, 0.25) is 0 Å². The van der Waals surface area contributed by atoms with E-state index < -0.39 is 12.0 Å². The summed E-state index contributed by atoms with van der Waals surface area (Å²) in [6, 6.07) is 4.82. The maximum atomic E-state index is 12.0. The van der Waals surface area contributed by atoms with E-state index in [4.69, 9.17) is 5.11 Å². The van der Waals surface area contributed by atoms with E-state index in [0.717, 1.165) is 15.6 Å². The highest BCUT2D eigenvalue weighted by atomic mass is 79.9. The summed E-state index contributed by atoms with van der Waals surface area (Å²) < 4.78 is 0.944. The topological polar surface area (TPSA) is 66.4 Å². The number of carboxylic acid groups (broad SMARTS) is 1. The van der Waals surface area contributed by atoms with Crippen molar-refractivity contribution >= 4 is 27.8 Å². The lowest BCUT2D eigenvalue weighted by molar-refractivity contribution is -0.142. The van der Waals surface area contributed by atoms with Crippen LogP contribution in [0, 0.1) is 12.8 Å². The molecule has 0 fully saturated rings. The number of hydrogen-bond acceptors (Lipinski definition) is 2. The van der Waals surface area contributed by atoms with Crippen LogP contribution in [0.3, 0.4) is 0 Å². The molecule has 5 heteroatoms. The molecule has 110 valence electrons. The van der Waals surface area contributed by atoms with E-state index in [1.807, 2.05) is 39.0 Å². The first kappa shape index (κ1) is 16.7. The van der Waals surface area contributed by atoms with Crippen LogP contribution in [0.25, 0.3) is 0 Å². The van der Waals surface area contributed by atoms with E-state index in [-0.39, 0.29) is 18.2 Å². The summed E-state index contributed by atoms with van der Waals surface area (Å²) in [6.07, 6.45) is 0.617. The van der Waals surface area contributed by atoms with Gasteiger partial charge in [0.15, 0.2) is 0 Å². The first-order valence-corrected chi connectivity index (χ1v) is 7.36. The molecular formula is C15H20BrNO3. The molecule has 0 saturated heterocycles. The molecular weight excluding hydrogens is 322 g/mol. The van der Waals surface area contributed by atoms with Crippen molar-refractivity contribution in [1.82, 2.24) is 5.32 Å². The van der Waals surface area contributed by atoms with Gasteiger partial charge < -0.3 is 10.4 Å². The predicted octanol–water partition coefficient (Wildman–Crippen LogP) is 2.92. The summed E-state index contributed by atoms with van der Waals surface area (Å²) in [5, 5.41) is 11.7. The van der Waals surface area contributed by atoms with Gasteiger partial charge in [-0.05, 0) is 36.5 Å². The van der Waals surface area contributed by atoms with Crippen LogP contribution in [-0.4, -0.2) is 23.0 Å². The third-order valence-electron chi connectivity index (χ3n) is 3.07. The molecule has 0 radical (unpaired) electrons. The minimum Gasteiger partial charge on any atom is -0.480 e. The van der Waals surface area contributed by atoms with Crippen LogP contribution >= 0.6 is 15.9 Å². The van der Waals surface area contributed by atoms with Crippen molar-refractivity contribution < 1.29 is 14.7 Å². The molecule has 0 aliphatic heterocycles. The first-order valence-electron chi connectivity index (χ1n) is 6.57. The molecule has 0 unspecified atom stereocenters. The van der Waals surface area contributed by atoms with Gasteiger partial charge in [0.2, 0.25) is 5.91 Å². The fourth-order valence-electron chi connectivity index (χ4n) is 1.95. The summed E-state index contributed by atoms with van der Waals surface area (Å²) >= 11 is 3.42. The van der Waals surface area contributed by atoms with Crippen LogP contribution in [-0.2, 0) is 16.0 Å². The van der Waals surface area contributed by atoms with E-state index in [1.54, 1.807) is 0 Å². The standard InChI is InChI=1S/C15H20BrNO3/c1-9(2)7-13(15(19)20)17-14(18)8-11-5-4-6-12(16)10(11)3/h4-6,9,13H,7-8H2,1-3H3,(H,17,18)(H,19,20)/t13-/m1/s1.